The Balaban J connectivity index is 2.61. The fourth-order valence-electron chi connectivity index (χ4n) is 1.25. The summed E-state index contributed by atoms with van der Waals surface area (Å²) in [6.07, 6.45) is -0.701. The standard InChI is InChI=1S/C12H16N2O4/c1-8(15)7-13-11(16)12(17)14-9-5-3-4-6-10(9)18-2/h3-6,8,15H,7H2,1-2H3,(H,13,16)(H,14,17). The molecule has 0 radical (unpaired) electrons. The van der Waals surface area contributed by atoms with Gasteiger partial charge in [0.2, 0.25) is 0 Å². The van der Waals surface area contributed by atoms with E-state index in [9.17, 15) is 9.59 Å². The zero-order valence-corrected chi connectivity index (χ0v) is 10.3. The number of hydrogen-bond acceptors (Lipinski definition) is 4. The molecule has 3 N–H and O–H groups in total. The molecule has 1 rings (SSSR count). The van der Waals surface area contributed by atoms with E-state index in [1.165, 1.54) is 14.0 Å². The van der Waals surface area contributed by atoms with Crippen LogP contribution in [0.15, 0.2) is 24.3 Å². The number of amides is 2. The van der Waals surface area contributed by atoms with Gasteiger partial charge >= 0.3 is 11.8 Å². The number of aliphatic hydroxyl groups is 1. The number of anilines is 1. The molecule has 0 spiro atoms. The monoisotopic (exact) mass is 252 g/mol. The van der Waals surface area contributed by atoms with Crippen LogP contribution in [0.25, 0.3) is 0 Å². The van der Waals surface area contributed by atoms with Crippen LogP contribution in [0.5, 0.6) is 5.75 Å². The first-order chi connectivity index (χ1) is 8.54. The Bertz CT molecular complexity index is 432. The Morgan fingerprint density at radius 1 is 1.33 bits per heavy atom. The van der Waals surface area contributed by atoms with Gasteiger partial charge in [0.05, 0.1) is 18.9 Å². The van der Waals surface area contributed by atoms with Gasteiger partial charge in [-0.25, -0.2) is 0 Å². The Hall–Kier alpha value is -2.08. The van der Waals surface area contributed by atoms with Crippen molar-refractivity contribution in [3.63, 3.8) is 0 Å². The number of aliphatic hydroxyl groups excluding tert-OH is 1. The number of benzene rings is 1. The van der Waals surface area contributed by atoms with Crippen LogP contribution in [-0.2, 0) is 9.59 Å². The van der Waals surface area contributed by atoms with Crippen molar-refractivity contribution in [2.24, 2.45) is 0 Å². The maximum atomic E-state index is 11.5. The summed E-state index contributed by atoms with van der Waals surface area (Å²) in [6, 6.07) is 6.76. The van der Waals surface area contributed by atoms with Crippen molar-refractivity contribution in [3.8, 4) is 5.75 Å². The highest BCUT2D eigenvalue weighted by atomic mass is 16.5. The fraction of sp³-hybridized carbons (Fsp3) is 0.333. The molecule has 0 aliphatic rings. The first kappa shape index (κ1) is 14.0. The molecule has 0 fully saturated rings. The number of hydrogen-bond donors (Lipinski definition) is 3. The van der Waals surface area contributed by atoms with Gasteiger partial charge < -0.3 is 20.5 Å². The van der Waals surface area contributed by atoms with Crippen LogP contribution in [0.2, 0.25) is 0 Å². The van der Waals surface area contributed by atoms with Crippen LogP contribution < -0.4 is 15.4 Å². The van der Waals surface area contributed by atoms with Gasteiger partial charge in [-0.1, -0.05) is 12.1 Å². The van der Waals surface area contributed by atoms with E-state index in [4.69, 9.17) is 9.84 Å². The first-order valence-corrected chi connectivity index (χ1v) is 5.45. The van der Waals surface area contributed by atoms with E-state index < -0.39 is 17.9 Å². The Morgan fingerprint density at radius 2 is 2.00 bits per heavy atom. The van der Waals surface area contributed by atoms with Crippen LogP contribution in [0.4, 0.5) is 5.69 Å². The van der Waals surface area contributed by atoms with Crippen molar-refractivity contribution in [3.05, 3.63) is 24.3 Å². The molecular weight excluding hydrogens is 236 g/mol. The number of ether oxygens (including phenoxy) is 1. The number of rotatable bonds is 4. The van der Waals surface area contributed by atoms with Gasteiger partial charge in [0, 0.05) is 6.54 Å². The second-order valence-electron chi connectivity index (χ2n) is 3.71. The lowest BCUT2D eigenvalue weighted by atomic mass is 10.3. The quantitative estimate of drug-likeness (QED) is 0.665. The van der Waals surface area contributed by atoms with Gasteiger partial charge in [0.1, 0.15) is 5.75 Å². The second kappa shape index (κ2) is 6.61. The molecule has 0 saturated heterocycles. The largest absolute Gasteiger partial charge is 0.495 e. The molecule has 0 saturated carbocycles. The van der Waals surface area contributed by atoms with Gasteiger partial charge in [0.25, 0.3) is 0 Å². The number of methoxy groups -OCH3 is 1. The molecule has 1 aromatic rings. The molecule has 6 heteroatoms. The van der Waals surface area contributed by atoms with E-state index >= 15 is 0 Å². The van der Waals surface area contributed by atoms with Gasteiger partial charge in [-0.15, -0.1) is 0 Å². The molecule has 0 aliphatic carbocycles. The minimum absolute atomic E-state index is 0.0260. The molecule has 0 aromatic heterocycles. The molecular formula is C12H16N2O4. The van der Waals surface area contributed by atoms with Crippen LogP contribution in [0, 0.1) is 0 Å². The molecule has 1 atom stereocenters. The Morgan fingerprint density at radius 3 is 2.61 bits per heavy atom. The molecule has 6 nitrogen and oxygen atoms in total. The van der Waals surface area contributed by atoms with E-state index in [0.717, 1.165) is 0 Å². The van der Waals surface area contributed by atoms with Gasteiger partial charge in [-0.2, -0.15) is 0 Å². The highest BCUT2D eigenvalue weighted by Crippen LogP contribution is 2.22. The van der Waals surface area contributed by atoms with Crippen LogP contribution in [0.1, 0.15) is 6.92 Å². The average Bonchev–Trinajstić information content (AvgIpc) is 2.36. The van der Waals surface area contributed by atoms with E-state index in [0.29, 0.717) is 11.4 Å². The molecule has 0 heterocycles. The molecule has 98 valence electrons. The lowest BCUT2D eigenvalue weighted by Gasteiger charge is -2.10. The average molecular weight is 252 g/mol. The van der Waals surface area contributed by atoms with Gasteiger partial charge in [0.15, 0.2) is 0 Å². The topological polar surface area (TPSA) is 87.7 Å². The van der Waals surface area contributed by atoms with E-state index in [1.807, 2.05) is 0 Å². The van der Waals surface area contributed by atoms with Gasteiger partial charge in [-0.05, 0) is 19.1 Å². The molecule has 0 bridgehead atoms. The third kappa shape index (κ3) is 4.06. The van der Waals surface area contributed by atoms with Crippen LogP contribution in [0.3, 0.4) is 0 Å². The summed E-state index contributed by atoms with van der Waals surface area (Å²) in [6.45, 7) is 1.54. The fourth-order valence-corrected chi connectivity index (χ4v) is 1.25. The lowest BCUT2D eigenvalue weighted by molar-refractivity contribution is -0.136. The molecule has 0 aliphatic heterocycles. The Labute approximate surface area is 105 Å². The normalized spacial score (nSPS) is 11.5. The molecule has 1 aromatic carbocycles. The third-order valence-corrected chi connectivity index (χ3v) is 2.12. The SMILES string of the molecule is COc1ccccc1NC(=O)C(=O)NCC(C)O. The third-order valence-electron chi connectivity index (χ3n) is 2.12. The van der Waals surface area contributed by atoms with Crippen molar-refractivity contribution >= 4 is 17.5 Å². The highest BCUT2D eigenvalue weighted by Gasteiger charge is 2.15. The number of carbonyl (C=O) groups excluding carboxylic acids is 2. The molecule has 1 unspecified atom stereocenters. The molecule has 2 amide bonds. The van der Waals surface area contributed by atoms with Crippen molar-refractivity contribution in [2.45, 2.75) is 13.0 Å². The molecule has 18 heavy (non-hydrogen) atoms. The lowest BCUT2D eigenvalue weighted by Crippen LogP contribution is -2.38. The second-order valence-corrected chi connectivity index (χ2v) is 3.71. The summed E-state index contributed by atoms with van der Waals surface area (Å²) in [4.78, 5) is 22.9. The predicted octanol–water partition coefficient (Wildman–Crippen LogP) is 0.131. The zero-order chi connectivity index (χ0) is 13.5. The van der Waals surface area contributed by atoms with Crippen molar-refractivity contribution < 1.29 is 19.4 Å². The minimum Gasteiger partial charge on any atom is -0.495 e. The van der Waals surface area contributed by atoms with E-state index in [-0.39, 0.29) is 6.54 Å². The van der Waals surface area contributed by atoms with Crippen LogP contribution >= 0.6 is 0 Å². The minimum atomic E-state index is -0.805. The van der Waals surface area contributed by atoms with Crippen LogP contribution in [-0.4, -0.2) is 36.7 Å². The smallest absolute Gasteiger partial charge is 0.313 e. The van der Waals surface area contributed by atoms with E-state index in [1.54, 1.807) is 24.3 Å². The predicted molar refractivity (Wildman–Crippen MR) is 66.3 cm³/mol. The zero-order valence-electron chi connectivity index (χ0n) is 10.3. The van der Waals surface area contributed by atoms with Crippen molar-refractivity contribution in [1.29, 1.82) is 0 Å². The number of nitrogens with one attached hydrogen (secondary N) is 2. The maximum absolute atomic E-state index is 11.5. The van der Waals surface area contributed by atoms with E-state index in [2.05, 4.69) is 10.6 Å². The summed E-state index contributed by atoms with van der Waals surface area (Å²) in [5, 5.41) is 13.7. The summed E-state index contributed by atoms with van der Waals surface area (Å²) >= 11 is 0. The summed E-state index contributed by atoms with van der Waals surface area (Å²) in [7, 11) is 1.47. The van der Waals surface area contributed by atoms with Crippen molar-refractivity contribution in [2.75, 3.05) is 19.0 Å². The van der Waals surface area contributed by atoms with Gasteiger partial charge in [-0.3, -0.25) is 9.59 Å². The number of para-hydroxylation sites is 2. The maximum Gasteiger partial charge on any atom is 0.313 e. The summed E-state index contributed by atoms with van der Waals surface area (Å²) in [5.74, 6) is -1.14. The summed E-state index contributed by atoms with van der Waals surface area (Å²) in [5.41, 5.74) is 0.414. The van der Waals surface area contributed by atoms with Crippen molar-refractivity contribution in [1.82, 2.24) is 5.32 Å². The highest BCUT2D eigenvalue weighted by molar-refractivity contribution is 6.39. The Kier molecular flexibility index (Phi) is 5.13. The number of carbonyl (C=O) groups is 2. The summed E-state index contributed by atoms with van der Waals surface area (Å²) < 4.78 is 5.04. The first-order valence-electron chi connectivity index (χ1n) is 5.45.